The van der Waals surface area contributed by atoms with Crippen LogP contribution in [0.4, 0.5) is 0 Å². The molecule has 2 aromatic rings. The minimum absolute atomic E-state index is 0.267. The molecule has 0 bridgehead atoms. The van der Waals surface area contributed by atoms with Crippen molar-refractivity contribution in [3.05, 3.63) is 72.3 Å². The fourth-order valence-corrected chi connectivity index (χ4v) is 6.68. The molecule has 0 N–H and O–H groups in total. The highest BCUT2D eigenvalue weighted by molar-refractivity contribution is 8.04. The van der Waals surface area contributed by atoms with Gasteiger partial charge in [-0.2, -0.15) is 0 Å². The van der Waals surface area contributed by atoms with Gasteiger partial charge in [0.05, 0.1) is 22.9 Å². The number of sulfonamides is 2. The van der Waals surface area contributed by atoms with E-state index in [0.717, 1.165) is 24.3 Å². The average molecular weight is 496 g/mol. The molecule has 0 aliphatic heterocycles. The largest absolute Gasteiger partial charge is 0.469 e. The Morgan fingerprint density at radius 1 is 0.879 bits per heavy atom. The first-order valence-electron chi connectivity index (χ1n) is 9.71. The number of methoxy groups -OCH3 is 1. The Kier molecular flexibility index (Phi) is 8.53. The number of esters is 2. The van der Waals surface area contributed by atoms with E-state index in [1.54, 1.807) is 13.8 Å². The van der Waals surface area contributed by atoms with Crippen LogP contribution in [0, 0.1) is 13.8 Å². The highest BCUT2D eigenvalue weighted by Gasteiger charge is 2.41. The Hall–Kier alpha value is -3.02. The van der Waals surface area contributed by atoms with Crippen molar-refractivity contribution < 1.29 is 35.9 Å². The summed E-state index contributed by atoms with van der Waals surface area (Å²) in [5.41, 5.74) is 1.55. The molecule has 2 aromatic carbocycles. The molecule has 0 heterocycles. The van der Waals surface area contributed by atoms with Crippen LogP contribution in [-0.4, -0.2) is 52.2 Å². The lowest BCUT2D eigenvalue weighted by atomic mass is 10.2. The Labute approximate surface area is 193 Å². The lowest BCUT2D eigenvalue weighted by Crippen LogP contribution is -2.46. The van der Waals surface area contributed by atoms with Gasteiger partial charge in [-0.05, 0) is 38.1 Å². The Bertz CT molecular complexity index is 1140. The third-order valence-corrected chi connectivity index (χ3v) is 8.99. The zero-order chi connectivity index (χ0) is 24.8. The van der Waals surface area contributed by atoms with E-state index in [1.165, 1.54) is 48.5 Å². The predicted molar refractivity (Wildman–Crippen MR) is 120 cm³/mol. The highest BCUT2D eigenvalue weighted by Crippen LogP contribution is 2.28. The molecule has 0 spiro atoms. The molecule has 0 amide bonds. The molecular weight excluding hydrogens is 470 g/mol. The van der Waals surface area contributed by atoms with E-state index in [2.05, 4.69) is 11.3 Å². The summed E-state index contributed by atoms with van der Waals surface area (Å²) >= 11 is 0. The number of hydrogen-bond donors (Lipinski definition) is 0. The number of rotatable bonds is 10. The van der Waals surface area contributed by atoms with Crippen molar-refractivity contribution >= 4 is 32.0 Å². The van der Waals surface area contributed by atoms with Crippen molar-refractivity contribution in [3.63, 3.8) is 0 Å². The molecule has 178 valence electrons. The lowest BCUT2D eigenvalue weighted by Gasteiger charge is -2.28. The van der Waals surface area contributed by atoms with Gasteiger partial charge in [0, 0.05) is 0 Å². The second kappa shape index (κ2) is 10.7. The Balaban J connectivity index is 2.54. The van der Waals surface area contributed by atoms with Crippen LogP contribution < -0.4 is 0 Å². The van der Waals surface area contributed by atoms with Crippen LogP contribution >= 0.6 is 0 Å². The zero-order valence-electron chi connectivity index (χ0n) is 18.4. The fourth-order valence-electron chi connectivity index (χ4n) is 2.75. The first-order valence-corrected chi connectivity index (χ1v) is 12.6. The molecule has 2 rings (SSSR count). The molecule has 0 aliphatic carbocycles. The molecule has 0 saturated heterocycles. The molecule has 1 atom stereocenters. The average Bonchev–Trinajstić information content (AvgIpc) is 2.76. The molecule has 11 heteroatoms. The summed E-state index contributed by atoms with van der Waals surface area (Å²) in [5, 5.41) is 0. The minimum Gasteiger partial charge on any atom is -0.469 e. The molecule has 0 aromatic heterocycles. The van der Waals surface area contributed by atoms with Crippen molar-refractivity contribution in [2.75, 3.05) is 13.7 Å². The van der Waals surface area contributed by atoms with Crippen LogP contribution in [0.25, 0.3) is 0 Å². The lowest BCUT2D eigenvalue weighted by molar-refractivity contribution is -0.153. The second-order valence-electron chi connectivity index (χ2n) is 7.10. The number of hydrogen-bond acceptors (Lipinski definition) is 8. The first kappa shape index (κ1) is 26.2. The maximum absolute atomic E-state index is 13.5. The van der Waals surface area contributed by atoms with Crippen molar-refractivity contribution in [3.8, 4) is 0 Å². The molecule has 9 nitrogen and oxygen atoms in total. The van der Waals surface area contributed by atoms with Gasteiger partial charge < -0.3 is 9.47 Å². The van der Waals surface area contributed by atoms with E-state index < -0.39 is 51.1 Å². The van der Waals surface area contributed by atoms with Crippen molar-refractivity contribution in [2.24, 2.45) is 0 Å². The fraction of sp³-hybridized carbons (Fsp3) is 0.273. The number of carbonyl (C=O) groups excluding carboxylic acids is 2. The van der Waals surface area contributed by atoms with Crippen molar-refractivity contribution in [2.45, 2.75) is 36.1 Å². The Morgan fingerprint density at radius 3 is 1.67 bits per heavy atom. The topological polar surface area (TPSA) is 124 Å². The minimum atomic E-state index is -4.63. The maximum Gasteiger partial charge on any atom is 0.317 e. The van der Waals surface area contributed by atoms with Crippen molar-refractivity contribution in [1.82, 2.24) is 3.71 Å². The van der Waals surface area contributed by atoms with E-state index in [4.69, 9.17) is 4.74 Å². The van der Waals surface area contributed by atoms with Gasteiger partial charge in [-0.1, -0.05) is 45.2 Å². The normalized spacial score (nSPS) is 12.7. The van der Waals surface area contributed by atoms with Gasteiger partial charge >= 0.3 is 11.9 Å². The van der Waals surface area contributed by atoms with E-state index in [9.17, 15) is 26.4 Å². The molecule has 0 radical (unpaired) electrons. The number of carbonyl (C=O) groups is 2. The van der Waals surface area contributed by atoms with Crippen LogP contribution in [0.1, 0.15) is 17.5 Å². The summed E-state index contributed by atoms with van der Waals surface area (Å²) in [6, 6.07) is 9.77. The predicted octanol–water partition coefficient (Wildman–Crippen LogP) is 2.34. The third kappa shape index (κ3) is 6.28. The van der Waals surface area contributed by atoms with E-state index in [0.29, 0.717) is 0 Å². The molecule has 0 saturated carbocycles. The summed E-state index contributed by atoms with van der Waals surface area (Å²) in [5.74, 6) is -1.86. The van der Waals surface area contributed by atoms with E-state index in [-0.39, 0.29) is 13.5 Å². The van der Waals surface area contributed by atoms with Gasteiger partial charge in [0.1, 0.15) is 13.0 Å². The smallest absolute Gasteiger partial charge is 0.317 e. The van der Waals surface area contributed by atoms with Gasteiger partial charge in [-0.3, -0.25) is 9.59 Å². The first-order chi connectivity index (χ1) is 15.4. The van der Waals surface area contributed by atoms with Crippen LogP contribution in [0.5, 0.6) is 0 Å². The van der Waals surface area contributed by atoms with Gasteiger partial charge in [0.2, 0.25) is 0 Å². The quantitative estimate of drug-likeness (QED) is 0.279. The summed E-state index contributed by atoms with van der Waals surface area (Å²) in [4.78, 5) is 22.6. The summed E-state index contributed by atoms with van der Waals surface area (Å²) in [7, 11) is -8.17. The summed E-state index contributed by atoms with van der Waals surface area (Å²) < 4.78 is 63.6. The van der Waals surface area contributed by atoms with Gasteiger partial charge in [-0.15, -0.1) is 6.58 Å². The maximum atomic E-state index is 13.5. The SMILES string of the molecule is C=C[C@H](COC(=O)CC(=O)OC)N(S(=O)(=O)c1ccc(C)cc1)S(=O)(=O)c1ccc(C)cc1. The number of benzene rings is 2. The van der Waals surface area contributed by atoms with Gasteiger partial charge in [0.15, 0.2) is 0 Å². The van der Waals surface area contributed by atoms with E-state index in [1.807, 2.05) is 0 Å². The molecule has 0 unspecified atom stereocenters. The third-order valence-electron chi connectivity index (χ3n) is 4.59. The monoisotopic (exact) mass is 495 g/mol. The summed E-state index contributed by atoms with van der Waals surface area (Å²) in [6.45, 7) is 6.35. The van der Waals surface area contributed by atoms with Gasteiger partial charge in [-0.25, -0.2) is 16.8 Å². The molecule has 0 aliphatic rings. The van der Waals surface area contributed by atoms with Crippen LogP contribution in [0.15, 0.2) is 71.0 Å². The van der Waals surface area contributed by atoms with Gasteiger partial charge in [0.25, 0.3) is 20.0 Å². The number of nitrogens with zero attached hydrogens (tertiary/aromatic N) is 1. The summed E-state index contributed by atoms with van der Waals surface area (Å²) in [6.07, 6.45) is 0.332. The standard InChI is InChI=1S/C22H25NO8S2/c1-5-18(15-31-22(25)14-21(24)30-4)23(32(26,27)19-10-6-16(2)7-11-19)33(28,29)20-12-8-17(3)9-13-20/h5-13,18H,1,14-15H2,2-4H3/t18-/m1/s1. The zero-order valence-corrected chi connectivity index (χ0v) is 20.1. The van der Waals surface area contributed by atoms with Crippen LogP contribution in [-0.2, 0) is 39.1 Å². The molecule has 0 fully saturated rings. The highest BCUT2D eigenvalue weighted by atomic mass is 32.3. The van der Waals surface area contributed by atoms with E-state index >= 15 is 0 Å². The van der Waals surface area contributed by atoms with Crippen LogP contribution in [0.3, 0.4) is 0 Å². The molecular formula is C22H25NO8S2. The number of aryl methyl sites for hydroxylation is 2. The molecule has 33 heavy (non-hydrogen) atoms. The van der Waals surface area contributed by atoms with Crippen molar-refractivity contribution in [1.29, 1.82) is 0 Å². The number of ether oxygens (including phenoxy) is 2. The second-order valence-corrected chi connectivity index (χ2v) is 11.0. The van der Waals surface area contributed by atoms with Crippen LogP contribution in [0.2, 0.25) is 0 Å². The Morgan fingerprint density at radius 2 is 1.30 bits per heavy atom.